The summed E-state index contributed by atoms with van der Waals surface area (Å²) in [6, 6.07) is 0. The van der Waals surface area contributed by atoms with Crippen LogP contribution in [0.1, 0.15) is 52.4 Å². The third kappa shape index (κ3) is 1.58. The molecule has 14 heavy (non-hydrogen) atoms. The molecule has 1 heterocycles. The molecule has 0 unspecified atom stereocenters. The number of ketones is 1. The van der Waals surface area contributed by atoms with E-state index in [1.165, 1.54) is 19.3 Å². The summed E-state index contributed by atoms with van der Waals surface area (Å²) in [5, 5.41) is 0. The summed E-state index contributed by atoms with van der Waals surface area (Å²) in [7, 11) is 0. The van der Waals surface area contributed by atoms with E-state index in [1.54, 1.807) is 6.92 Å². The third-order valence-electron chi connectivity index (χ3n) is 3.48. The Morgan fingerprint density at radius 2 is 1.93 bits per heavy atom. The molecule has 2 aliphatic rings. The maximum atomic E-state index is 11.3. The van der Waals surface area contributed by atoms with Gasteiger partial charge in [-0.15, -0.1) is 0 Å². The topological polar surface area (TPSA) is 26.3 Å². The van der Waals surface area contributed by atoms with Crippen LogP contribution in [-0.2, 0) is 9.53 Å². The third-order valence-corrected chi connectivity index (χ3v) is 3.48. The van der Waals surface area contributed by atoms with Gasteiger partial charge in [0, 0.05) is 12.0 Å². The maximum absolute atomic E-state index is 11.3. The molecule has 2 rings (SSSR count). The summed E-state index contributed by atoms with van der Waals surface area (Å²) in [5.41, 5.74) is 0.926. The van der Waals surface area contributed by atoms with Crippen LogP contribution < -0.4 is 0 Å². The zero-order chi connectivity index (χ0) is 10.2. The number of ether oxygens (including phenoxy) is 1. The van der Waals surface area contributed by atoms with Crippen LogP contribution in [0.15, 0.2) is 11.3 Å². The van der Waals surface area contributed by atoms with Gasteiger partial charge >= 0.3 is 0 Å². The summed E-state index contributed by atoms with van der Waals surface area (Å²) >= 11 is 0. The van der Waals surface area contributed by atoms with E-state index >= 15 is 0 Å². The minimum atomic E-state index is 0.00331. The van der Waals surface area contributed by atoms with Crippen molar-refractivity contribution in [3.05, 3.63) is 11.3 Å². The normalized spacial score (nSPS) is 25.3. The first-order valence-corrected chi connectivity index (χ1v) is 5.53. The number of hydrogen-bond donors (Lipinski definition) is 0. The van der Waals surface area contributed by atoms with E-state index in [4.69, 9.17) is 4.74 Å². The van der Waals surface area contributed by atoms with E-state index in [9.17, 15) is 4.79 Å². The lowest BCUT2D eigenvalue weighted by molar-refractivity contribution is -0.113. The number of rotatable bonds is 1. The van der Waals surface area contributed by atoms with Crippen molar-refractivity contribution < 1.29 is 9.53 Å². The van der Waals surface area contributed by atoms with Gasteiger partial charge in [0.2, 0.25) is 0 Å². The van der Waals surface area contributed by atoms with Crippen molar-refractivity contribution in [2.45, 2.75) is 58.0 Å². The minimum Gasteiger partial charge on any atom is -0.491 e. The van der Waals surface area contributed by atoms with E-state index in [0.717, 1.165) is 30.6 Å². The summed E-state index contributed by atoms with van der Waals surface area (Å²) < 4.78 is 5.92. The SMILES string of the molecule is CC(=O)C1=C(C)OC2(CCCCC2)C1. The zero-order valence-corrected chi connectivity index (χ0v) is 9.06. The maximum Gasteiger partial charge on any atom is 0.159 e. The van der Waals surface area contributed by atoms with E-state index < -0.39 is 0 Å². The standard InChI is InChI=1S/C12H18O2/c1-9(13)11-8-12(14-10(11)2)6-4-3-5-7-12/h3-8H2,1-2H3. The zero-order valence-electron chi connectivity index (χ0n) is 9.06. The first-order chi connectivity index (χ1) is 6.63. The molecule has 0 amide bonds. The van der Waals surface area contributed by atoms with Crippen molar-refractivity contribution in [1.82, 2.24) is 0 Å². The van der Waals surface area contributed by atoms with Gasteiger partial charge in [0.15, 0.2) is 5.78 Å². The van der Waals surface area contributed by atoms with Crippen LogP contribution >= 0.6 is 0 Å². The Balaban J connectivity index is 2.12. The average Bonchev–Trinajstić information content (AvgIpc) is 2.44. The minimum absolute atomic E-state index is 0.00331. The van der Waals surface area contributed by atoms with Crippen molar-refractivity contribution in [3.8, 4) is 0 Å². The first-order valence-electron chi connectivity index (χ1n) is 5.53. The Morgan fingerprint density at radius 3 is 2.43 bits per heavy atom. The Kier molecular flexibility index (Phi) is 2.38. The van der Waals surface area contributed by atoms with E-state index in [-0.39, 0.29) is 11.4 Å². The van der Waals surface area contributed by atoms with Gasteiger partial charge in [-0.3, -0.25) is 4.79 Å². The molecule has 0 bridgehead atoms. The monoisotopic (exact) mass is 194 g/mol. The molecule has 0 aromatic rings. The second-order valence-corrected chi connectivity index (χ2v) is 4.61. The lowest BCUT2D eigenvalue weighted by Crippen LogP contribution is -2.31. The van der Waals surface area contributed by atoms with E-state index in [1.807, 2.05) is 6.92 Å². The fourth-order valence-corrected chi connectivity index (χ4v) is 2.72. The van der Waals surface area contributed by atoms with Gasteiger partial charge in [0.05, 0.1) is 0 Å². The van der Waals surface area contributed by atoms with Gasteiger partial charge in [0.1, 0.15) is 11.4 Å². The number of Topliss-reactive ketones (excluding diaryl/α,β-unsaturated/α-hetero) is 1. The Hall–Kier alpha value is -0.790. The molecule has 0 aromatic carbocycles. The molecule has 0 radical (unpaired) electrons. The highest BCUT2D eigenvalue weighted by Gasteiger charge is 2.41. The van der Waals surface area contributed by atoms with Crippen LogP contribution in [-0.4, -0.2) is 11.4 Å². The van der Waals surface area contributed by atoms with Crippen LogP contribution in [0.4, 0.5) is 0 Å². The molecule has 1 saturated carbocycles. The van der Waals surface area contributed by atoms with Crippen molar-refractivity contribution in [3.63, 3.8) is 0 Å². The number of carbonyl (C=O) groups is 1. The Labute approximate surface area is 85.3 Å². The molecular formula is C12H18O2. The van der Waals surface area contributed by atoms with Gasteiger partial charge in [-0.2, -0.15) is 0 Å². The van der Waals surface area contributed by atoms with Crippen LogP contribution in [0.2, 0.25) is 0 Å². The smallest absolute Gasteiger partial charge is 0.159 e. The molecule has 0 atom stereocenters. The largest absolute Gasteiger partial charge is 0.491 e. The Bertz CT molecular complexity index is 283. The van der Waals surface area contributed by atoms with E-state index in [2.05, 4.69) is 0 Å². The second kappa shape index (κ2) is 3.41. The molecule has 1 aliphatic carbocycles. The average molecular weight is 194 g/mol. The van der Waals surface area contributed by atoms with Gasteiger partial charge in [-0.1, -0.05) is 6.42 Å². The molecule has 2 nitrogen and oxygen atoms in total. The molecule has 78 valence electrons. The van der Waals surface area contributed by atoms with Crippen molar-refractivity contribution >= 4 is 5.78 Å². The summed E-state index contributed by atoms with van der Waals surface area (Å²) in [6.45, 7) is 3.57. The predicted molar refractivity (Wildman–Crippen MR) is 54.9 cm³/mol. The van der Waals surface area contributed by atoms with E-state index in [0.29, 0.717) is 0 Å². The molecule has 0 N–H and O–H groups in total. The van der Waals surface area contributed by atoms with Crippen LogP contribution in [0.3, 0.4) is 0 Å². The summed E-state index contributed by atoms with van der Waals surface area (Å²) in [4.78, 5) is 11.3. The lowest BCUT2D eigenvalue weighted by atomic mass is 9.81. The molecule has 2 heteroatoms. The molecule has 1 spiro atoms. The van der Waals surface area contributed by atoms with Crippen molar-refractivity contribution in [1.29, 1.82) is 0 Å². The highest BCUT2D eigenvalue weighted by atomic mass is 16.5. The fraction of sp³-hybridized carbons (Fsp3) is 0.750. The summed E-state index contributed by atoms with van der Waals surface area (Å²) in [5.74, 6) is 1.06. The van der Waals surface area contributed by atoms with Crippen LogP contribution in [0.5, 0.6) is 0 Å². The lowest BCUT2D eigenvalue weighted by Gasteiger charge is -2.33. The van der Waals surface area contributed by atoms with Crippen LogP contribution in [0, 0.1) is 0 Å². The number of hydrogen-bond acceptors (Lipinski definition) is 2. The molecule has 1 fully saturated rings. The predicted octanol–water partition coefficient (Wildman–Crippen LogP) is 2.97. The van der Waals surface area contributed by atoms with Gasteiger partial charge < -0.3 is 4.74 Å². The van der Waals surface area contributed by atoms with Gasteiger partial charge in [-0.05, 0) is 39.5 Å². The molecule has 1 aliphatic heterocycles. The second-order valence-electron chi connectivity index (χ2n) is 4.61. The van der Waals surface area contributed by atoms with Gasteiger partial charge in [-0.25, -0.2) is 0 Å². The molecular weight excluding hydrogens is 176 g/mol. The molecule has 0 saturated heterocycles. The fourth-order valence-electron chi connectivity index (χ4n) is 2.72. The Morgan fingerprint density at radius 1 is 1.29 bits per heavy atom. The first kappa shape index (κ1) is 9.75. The highest BCUT2D eigenvalue weighted by Crippen LogP contribution is 2.43. The number of allylic oxidation sites excluding steroid dienone is 1. The number of carbonyl (C=O) groups excluding carboxylic acids is 1. The van der Waals surface area contributed by atoms with Crippen molar-refractivity contribution in [2.75, 3.05) is 0 Å². The van der Waals surface area contributed by atoms with Crippen LogP contribution in [0.25, 0.3) is 0 Å². The summed E-state index contributed by atoms with van der Waals surface area (Å²) in [6.07, 6.45) is 6.92. The van der Waals surface area contributed by atoms with Crippen molar-refractivity contribution in [2.24, 2.45) is 0 Å². The highest BCUT2D eigenvalue weighted by molar-refractivity contribution is 5.94. The molecule has 0 aromatic heterocycles. The quantitative estimate of drug-likeness (QED) is 0.641. The van der Waals surface area contributed by atoms with Gasteiger partial charge in [0.25, 0.3) is 0 Å².